The Morgan fingerprint density at radius 1 is 1.31 bits per heavy atom. The second-order valence-corrected chi connectivity index (χ2v) is 7.70. The van der Waals surface area contributed by atoms with Crippen LogP contribution in [-0.2, 0) is 4.79 Å². The van der Waals surface area contributed by atoms with Gasteiger partial charge in [-0.05, 0) is 48.9 Å². The van der Waals surface area contributed by atoms with Gasteiger partial charge in [-0.2, -0.15) is 0 Å². The fourth-order valence-corrected chi connectivity index (χ4v) is 3.96. The van der Waals surface area contributed by atoms with E-state index in [4.69, 9.17) is 4.74 Å². The van der Waals surface area contributed by atoms with Gasteiger partial charge in [0.2, 0.25) is 5.91 Å². The third-order valence-corrected chi connectivity index (χ3v) is 5.57. The summed E-state index contributed by atoms with van der Waals surface area (Å²) in [7, 11) is 5.14. The van der Waals surface area contributed by atoms with Crippen molar-refractivity contribution < 1.29 is 13.9 Å². The van der Waals surface area contributed by atoms with Gasteiger partial charge in [0.15, 0.2) is 0 Å². The largest absolute Gasteiger partial charge is 0.496 e. The highest BCUT2D eigenvalue weighted by Crippen LogP contribution is 2.37. The van der Waals surface area contributed by atoms with Crippen LogP contribution >= 0.6 is 0 Å². The van der Waals surface area contributed by atoms with E-state index in [1.165, 1.54) is 12.1 Å². The lowest BCUT2D eigenvalue weighted by atomic mass is 10.0. The molecule has 4 rings (SSSR count). The molecule has 152 valence electrons. The number of aromatic nitrogens is 2. The fraction of sp³-hybridized carbons (Fsp3) is 0.364. The lowest BCUT2D eigenvalue weighted by molar-refractivity contribution is -0.129. The van der Waals surface area contributed by atoms with Gasteiger partial charge in [-0.15, -0.1) is 0 Å². The molecule has 1 fully saturated rings. The third-order valence-electron chi connectivity index (χ3n) is 5.57. The van der Waals surface area contributed by atoms with E-state index in [2.05, 4.69) is 20.9 Å². The number of likely N-dealkylation sites (N-methyl/N-ethyl adjacent to an activating group) is 1. The zero-order valence-electron chi connectivity index (χ0n) is 16.9. The van der Waals surface area contributed by atoms with Gasteiger partial charge in [-0.25, -0.2) is 9.37 Å². The van der Waals surface area contributed by atoms with Gasteiger partial charge in [0.05, 0.1) is 13.7 Å². The molecule has 0 saturated carbocycles. The van der Waals surface area contributed by atoms with Crippen molar-refractivity contribution in [1.82, 2.24) is 19.8 Å². The van der Waals surface area contributed by atoms with Crippen LogP contribution in [0, 0.1) is 5.82 Å². The summed E-state index contributed by atoms with van der Waals surface area (Å²) >= 11 is 0. The lowest BCUT2D eigenvalue weighted by Gasteiger charge is -2.18. The summed E-state index contributed by atoms with van der Waals surface area (Å²) in [5.41, 5.74) is 3.45. The van der Waals surface area contributed by atoms with Gasteiger partial charge < -0.3 is 14.6 Å². The smallest absolute Gasteiger partial charge is 0.236 e. The minimum absolute atomic E-state index is 0.115. The second-order valence-electron chi connectivity index (χ2n) is 7.70. The van der Waals surface area contributed by atoms with Crippen molar-refractivity contribution in [1.29, 1.82) is 0 Å². The maximum atomic E-state index is 13.9. The molecule has 3 aromatic rings. The number of ether oxygens (including phenoxy) is 1. The number of methoxy groups -OCH3 is 1. The number of benzene rings is 1. The minimum atomic E-state index is -0.307. The molecule has 0 bridgehead atoms. The highest BCUT2D eigenvalue weighted by atomic mass is 19.1. The summed E-state index contributed by atoms with van der Waals surface area (Å²) in [6.45, 7) is 2.15. The Balaban J connectivity index is 1.64. The summed E-state index contributed by atoms with van der Waals surface area (Å²) < 4.78 is 19.3. The molecule has 1 aliphatic rings. The van der Waals surface area contributed by atoms with Crippen molar-refractivity contribution in [3.63, 3.8) is 0 Å². The molecule has 1 amide bonds. The zero-order valence-corrected chi connectivity index (χ0v) is 16.9. The van der Waals surface area contributed by atoms with Gasteiger partial charge in [0.1, 0.15) is 17.2 Å². The van der Waals surface area contributed by atoms with Crippen LogP contribution in [0.2, 0.25) is 0 Å². The van der Waals surface area contributed by atoms with Gasteiger partial charge >= 0.3 is 0 Å². The Labute approximate surface area is 169 Å². The zero-order chi connectivity index (χ0) is 20.5. The van der Waals surface area contributed by atoms with Crippen molar-refractivity contribution >= 4 is 16.9 Å². The van der Waals surface area contributed by atoms with Crippen molar-refractivity contribution in [2.24, 2.45) is 0 Å². The third kappa shape index (κ3) is 3.82. The summed E-state index contributed by atoms with van der Waals surface area (Å²) in [5, 5.41) is 0.939. The number of amides is 1. The normalized spacial score (nSPS) is 17.0. The molecular formula is C22H25FN4O2. The van der Waals surface area contributed by atoms with Crippen LogP contribution in [0.25, 0.3) is 22.2 Å². The van der Waals surface area contributed by atoms with E-state index in [1.54, 1.807) is 38.4 Å². The Morgan fingerprint density at radius 2 is 2.14 bits per heavy atom. The van der Waals surface area contributed by atoms with Crippen molar-refractivity contribution in [2.45, 2.75) is 12.3 Å². The van der Waals surface area contributed by atoms with E-state index in [1.807, 2.05) is 6.07 Å². The van der Waals surface area contributed by atoms with Crippen LogP contribution < -0.4 is 4.74 Å². The van der Waals surface area contributed by atoms with Crippen molar-refractivity contribution in [3.05, 3.63) is 48.0 Å². The first-order valence-corrected chi connectivity index (χ1v) is 9.70. The van der Waals surface area contributed by atoms with Crippen molar-refractivity contribution in [2.75, 3.05) is 40.8 Å². The first-order chi connectivity index (χ1) is 14.0. The van der Waals surface area contributed by atoms with Gasteiger partial charge in [-0.1, -0.05) is 0 Å². The predicted octanol–water partition coefficient (Wildman–Crippen LogP) is 3.26. The van der Waals surface area contributed by atoms with E-state index in [0.29, 0.717) is 23.8 Å². The second kappa shape index (κ2) is 7.83. The van der Waals surface area contributed by atoms with E-state index < -0.39 is 0 Å². The van der Waals surface area contributed by atoms with E-state index in [-0.39, 0.29) is 11.7 Å². The predicted molar refractivity (Wildman–Crippen MR) is 111 cm³/mol. The van der Waals surface area contributed by atoms with Gasteiger partial charge in [-0.3, -0.25) is 9.69 Å². The highest BCUT2D eigenvalue weighted by molar-refractivity contribution is 5.95. The minimum Gasteiger partial charge on any atom is -0.496 e. The number of nitrogens with one attached hydrogen (secondary N) is 1. The van der Waals surface area contributed by atoms with E-state index in [9.17, 15) is 9.18 Å². The number of aromatic amines is 1. The molecule has 6 nitrogen and oxygen atoms in total. The topological polar surface area (TPSA) is 61.5 Å². The summed E-state index contributed by atoms with van der Waals surface area (Å²) in [4.78, 5) is 23.7. The molecule has 1 atom stereocenters. The fourth-order valence-electron chi connectivity index (χ4n) is 3.96. The monoisotopic (exact) mass is 396 g/mol. The maximum Gasteiger partial charge on any atom is 0.236 e. The summed E-state index contributed by atoms with van der Waals surface area (Å²) in [5.74, 6) is 0.736. The number of hydrogen-bond acceptors (Lipinski definition) is 4. The quantitative estimate of drug-likeness (QED) is 0.719. The lowest BCUT2D eigenvalue weighted by Crippen LogP contribution is -2.35. The van der Waals surface area contributed by atoms with Crippen LogP contribution in [0.3, 0.4) is 0 Å². The molecule has 29 heavy (non-hydrogen) atoms. The number of hydrogen-bond donors (Lipinski definition) is 1. The van der Waals surface area contributed by atoms with Gasteiger partial charge in [0.25, 0.3) is 0 Å². The Kier molecular flexibility index (Phi) is 5.24. The van der Waals surface area contributed by atoms with E-state index in [0.717, 1.165) is 41.8 Å². The molecule has 3 heterocycles. The average molecular weight is 396 g/mol. The van der Waals surface area contributed by atoms with E-state index >= 15 is 0 Å². The molecule has 1 unspecified atom stereocenters. The molecule has 1 aromatic carbocycles. The molecule has 1 N–H and O–H groups in total. The number of carbonyl (C=O) groups excluding carboxylic acids is 1. The van der Waals surface area contributed by atoms with Crippen LogP contribution in [0.15, 0.2) is 36.5 Å². The molecule has 1 saturated heterocycles. The number of nitrogens with zero attached hydrogens (tertiary/aromatic N) is 3. The summed E-state index contributed by atoms with van der Waals surface area (Å²) in [6.07, 6.45) is 2.70. The summed E-state index contributed by atoms with van der Waals surface area (Å²) in [6, 6.07) is 8.51. The average Bonchev–Trinajstić information content (AvgIpc) is 3.34. The molecular weight excluding hydrogens is 371 g/mol. The van der Waals surface area contributed by atoms with Crippen molar-refractivity contribution in [3.8, 4) is 16.9 Å². The first kappa shape index (κ1) is 19.4. The molecule has 7 heteroatoms. The maximum absolute atomic E-state index is 13.9. The number of H-pyrrole nitrogens is 1. The Hall–Kier alpha value is -2.93. The number of carbonyl (C=O) groups is 1. The SMILES string of the molecule is COc1ccc(F)cc1-c1ccnc2[nH]c(C3CCN(CC(=O)N(C)C)C3)cc12. The molecule has 0 aliphatic carbocycles. The number of likely N-dealkylation sites (tertiary alicyclic amines) is 1. The molecule has 2 aromatic heterocycles. The number of fused-ring (bicyclic) bond motifs is 1. The van der Waals surface area contributed by atoms with Crippen LogP contribution in [0.1, 0.15) is 18.0 Å². The number of pyridine rings is 1. The van der Waals surface area contributed by atoms with Crippen LogP contribution in [-0.4, -0.2) is 66.5 Å². The number of rotatable bonds is 5. The molecule has 0 spiro atoms. The standard InChI is InChI=1S/C22H25FN4O2/c1-26(2)21(28)13-27-9-7-14(12-27)19-11-18-16(6-8-24-22(18)25-19)17-10-15(23)4-5-20(17)29-3/h4-6,8,10-11,14H,7,9,12-13H2,1-3H3,(H,24,25). The highest BCUT2D eigenvalue weighted by Gasteiger charge is 2.27. The first-order valence-electron chi connectivity index (χ1n) is 9.70. The van der Waals surface area contributed by atoms with Gasteiger partial charge in [0, 0.05) is 49.4 Å². The molecule has 1 aliphatic heterocycles. The van der Waals surface area contributed by atoms with Crippen LogP contribution in [0.5, 0.6) is 5.75 Å². The number of halogens is 1. The Bertz CT molecular complexity index is 1050. The Morgan fingerprint density at radius 3 is 2.90 bits per heavy atom. The molecule has 0 radical (unpaired) electrons. The van der Waals surface area contributed by atoms with Crippen LogP contribution in [0.4, 0.5) is 4.39 Å².